The Kier molecular flexibility index (Phi) is 7.32. The number of anilines is 1. The molecule has 206 valence electrons. The smallest absolute Gasteiger partial charge is 0.339 e. The minimum Gasteiger partial charge on any atom is -0.480 e. The molecule has 0 aromatic carbocycles. The topological polar surface area (TPSA) is 134 Å². The van der Waals surface area contributed by atoms with E-state index in [1.807, 2.05) is 12.1 Å². The molecule has 7 rings (SSSR count). The van der Waals surface area contributed by atoms with Gasteiger partial charge >= 0.3 is 5.97 Å². The Morgan fingerprint density at radius 3 is 2.74 bits per heavy atom. The van der Waals surface area contributed by atoms with Crippen LogP contribution in [0.15, 0.2) is 41.3 Å². The van der Waals surface area contributed by atoms with Crippen LogP contribution in [-0.4, -0.2) is 57.9 Å². The third-order valence-electron chi connectivity index (χ3n) is 8.00. The van der Waals surface area contributed by atoms with E-state index in [9.17, 15) is 14.4 Å². The van der Waals surface area contributed by atoms with Crippen molar-refractivity contribution in [2.75, 3.05) is 25.6 Å². The third-order valence-corrected chi connectivity index (χ3v) is 8.00. The van der Waals surface area contributed by atoms with Crippen molar-refractivity contribution in [1.29, 1.82) is 0 Å². The summed E-state index contributed by atoms with van der Waals surface area (Å²) in [6.07, 6.45) is 5.83. The molecule has 2 N–H and O–H groups in total. The zero-order chi connectivity index (χ0) is 26.3. The van der Waals surface area contributed by atoms with Gasteiger partial charge < -0.3 is 29.4 Å². The average molecular weight is 556 g/mol. The Balaban J connectivity index is 0.00000308. The first-order valence-corrected chi connectivity index (χ1v) is 12.8. The molecule has 0 radical (unpaired) electrons. The van der Waals surface area contributed by atoms with E-state index in [2.05, 4.69) is 20.6 Å². The highest BCUT2D eigenvalue weighted by molar-refractivity contribution is 5.94. The van der Waals surface area contributed by atoms with E-state index < -0.39 is 5.97 Å². The Morgan fingerprint density at radius 2 is 2.00 bits per heavy atom. The number of ether oxygens (including phenoxy) is 3. The molecule has 39 heavy (non-hydrogen) atoms. The number of halogens is 1. The Morgan fingerprint density at radius 1 is 1.18 bits per heavy atom. The second-order valence-corrected chi connectivity index (χ2v) is 10.3. The van der Waals surface area contributed by atoms with Crippen LogP contribution < -0.4 is 20.9 Å². The molecular weight excluding hydrogens is 526 g/mol. The third kappa shape index (κ3) is 5.21. The monoisotopic (exact) mass is 555 g/mol. The fourth-order valence-corrected chi connectivity index (χ4v) is 5.64. The van der Waals surface area contributed by atoms with Gasteiger partial charge in [-0.05, 0) is 56.4 Å². The quantitative estimate of drug-likeness (QED) is 0.422. The van der Waals surface area contributed by atoms with E-state index in [4.69, 9.17) is 14.2 Å². The van der Waals surface area contributed by atoms with Crippen molar-refractivity contribution in [3.63, 3.8) is 0 Å². The number of pyridine rings is 3. The lowest BCUT2D eigenvalue weighted by atomic mass is 9.70. The lowest BCUT2D eigenvalue weighted by Gasteiger charge is -2.53. The molecule has 2 bridgehead atoms. The zero-order valence-corrected chi connectivity index (χ0v) is 22.3. The highest BCUT2D eigenvalue weighted by atomic mass is 35.5. The van der Waals surface area contributed by atoms with Gasteiger partial charge in [0.25, 0.3) is 11.5 Å². The molecular formula is C27H30ClN5O6. The van der Waals surface area contributed by atoms with Gasteiger partial charge in [0, 0.05) is 30.9 Å². The summed E-state index contributed by atoms with van der Waals surface area (Å²) < 4.78 is 18.3. The number of carbonyl (C=O) groups excluding carboxylic acids is 2. The Bertz CT molecular complexity index is 1470. The van der Waals surface area contributed by atoms with E-state index in [0.717, 1.165) is 31.4 Å². The molecule has 0 atom stereocenters. The number of aryl methyl sites for hydroxylation is 1. The maximum absolute atomic E-state index is 12.8. The van der Waals surface area contributed by atoms with Crippen LogP contribution in [0.25, 0.3) is 11.0 Å². The van der Waals surface area contributed by atoms with Gasteiger partial charge in [0.15, 0.2) is 18.2 Å². The minimum atomic E-state index is -0.490. The fourth-order valence-electron chi connectivity index (χ4n) is 5.64. The number of esters is 1. The predicted molar refractivity (Wildman–Crippen MR) is 144 cm³/mol. The van der Waals surface area contributed by atoms with Crippen molar-refractivity contribution in [2.45, 2.75) is 56.3 Å². The number of nitrogens with one attached hydrogen (secondary N) is 2. The van der Waals surface area contributed by atoms with E-state index >= 15 is 0 Å². The summed E-state index contributed by atoms with van der Waals surface area (Å²) >= 11 is 0. The summed E-state index contributed by atoms with van der Waals surface area (Å²) in [5.74, 6) is 0.343. The van der Waals surface area contributed by atoms with Crippen LogP contribution in [-0.2, 0) is 27.4 Å². The number of fused-ring (bicyclic) bond motifs is 5. The average Bonchev–Trinajstić information content (AvgIpc) is 2.95. The lowest BCUT2D eigenvalue weighted by Crippen LogP contribution is -2.61. The van der Waals surface area contributed by atoms with Crippen molar-refractivity contribution >= 4 is 41.1 Å². The first-order valence-electron chi connectivity index (χ1n) is 12.8. The number of methoxy groups -OCH3 is 1. The highest BCUT2D eigenvalue weighted by Crippen LogP contribution is 2.45. The molecule has 4 aliphatic rings. The van der Waals surface area contributed by atoms with Crippen LogP contribution >= 0.6 is 12.4 Å². The molecule has 1 saturated carbocycles. The standard InChI is InChI=1S/C27H29N5O6.ClH/c1-36-25(35)17-12-20-19(28-13-17)3-5-23(34)32(20)11-10-27-8-6-26(7-9-27,16-38-27)29-14-18-2-4-21-24(30-18)31-22(33)15-37-21;/h2-5,12-13,29H,6-11,14-16H2,1H3,(H,30,31,33);1H. The van der Waals surface area contributed by atoms with E-state index in [-0.39, 0.29) is 41.6 Å². The molecule has 3 aromatic rings. The maximum Gasteiger partial charge on any atom is 0.339 e. The molecule has 12 heteroatoms. The van der Waals surface area contributed by atoms with Crippen LogP contribution in [0.4, 0.5) is 5.82 Å². The van der Waals surface area contributed by atoms with Gasteiger partial charge in [-0.25, -0.2) is 9.78 Å². The van der Waals surface area contributed by atoms with E-state index in [0.29, 0.717) is 54.3 Å². The first-order chi connectivity index (χ1) is 18.4. The van der Waals surface area contributed by atoms with E-state index in [1.165, 1.54) is 19.4 Å². The summed E-state index contributed by atoms with van der Waals surface area (Å²) in [7, 11) is 1.32. The highest BCUT2D eigenvalue weighted by Gasteiger charge is 2.49. The molecule has 2 saturated heterocycles. The number of carbonyl (C=O) groups is 2. The lowest BCUT2D eigenvalue weighted by molar-refractivity contribution is -0.167. The molecule has 11 nitrogen and oxygen atoms in total. The molecule has 3 aliphatic heterocycles. The summed E-state index contributed by atoms with van der Waals surface area (Å²) in [6, 6.07) is 8.58. The van der Waals surface area contributed by atoms with Crippen molar-refractivity contribution in [1.82, 2.24) is 19.9 Å². The van der Waals surface area contributed by atoms with E-state index in [1.54, 1.807) is 16.7 Å². The van der Waals surface area contributed by atoms with Crippen molar-refractivity contribution < 1.29 is 23.8 Å². The molecule has 1 aliphatic carbocycles. The molecule has 3 aromatic heterocycles. The maximum atomic E-state index is 12.8. The summed E-state index contributed by atoms with van der Waals surface area (Å²) in [5.41, 5.74) is 1.83. The number of amides is 1. The largest absolute Gasteiger partial charge is 0.480 e. The summed E-state index contributed by atoms with van der Waals surface area (Å²) in [5, 5.41) is 6.41. The SMILES string of the molecule is COC(=O)c1cnc2ccc(=O)n(CCC34CCC(NCc5ccc6c(n5)NC(=O)CO6)(CC3)CO4)c2c1.Cl. The fraction of sp³-hybridized carbons (Fsp3) is 0.444. The minimum absolute atomic E-state index is 0. The number of hydrogen-bond acceptors (Lipinski definition) is 9. The number of rotatable bonds is 7. The molecule has 0 unspecified atom stereocenters. The van der Waals surface area contributed by atoms with Crippen LogP contribution in [0.2, 0.25) is 0 Å². The van der Waals surface area contributed by atoms with Gasteiger partial charge in [0.1, 0.15) is 0 Å². The predicted octanol–water partition coefficient (Wildman–Crippen LogP) is 2.59. The van der Waals surface area contributed by atoms with Gasteiger partial charge in [-0.2, -0.15) is 0 Å². The Labute approximate surface area is 230 Å². The first kappa shape index (κ1) is 27.0. The summed E-state index contributed by atoms with van der Waals surface area (Å²) in [4.78, 5) is 45.3. The number of nitrogens with zero attached hydrogens (tertiary/aromatic N) is 3. The van der Waals surface area contributed by atoms with Crippen molar-refractivity contribution in [3.05, 3.63) is 58.1 Å². The Hall–Kier alpha value is -3.54. The van der Waals surface area contributed by atoms with Gasteiger partial charge in [0.05, 0.1) is 41.6 Å². The van der Waals surface area contributed by atoms with Crippen molar-refractivity contribution in [3.8, 4) is 5.75 Å². The number of hydrogen-bond donors (Lipinski definition) is 2. The van der Waals surface area contributed by atoms with Gasteiger partial charge in [-0.3, -0.25) is 14.6 Å². The van der Waals surface area contributed by atoms with Crippen LogP contribution in [0.3, 0.4) is 0 Å². The van der Waals surface area contributed by atoms with Gasteiger partial charge in [-0.15, -0.1) is 12.4 Å². The molecule has 3 fully saturated rings. The van der Waals surface area contributed by atoms with Crippen LogP contribution in [0.1, 0.15) is 48.2 Å². The molecule has 6 heterocycles. The van der Waals surface area contributed by atoms with Crippen LogP contribution in [0.5, 0.6) is 5.75 Å². The van der Waals surface area contributed by atoms with Crippen LogP contribution in [0, 0.1) is 0 Å². The number of aromatic nitrogens is 3. The second kappa shape index (κ2) is 10.6. The summed E-state index contributed by atoms with van der Waals surface area (Å²) in [6.45, 7) is 1.61. The van der Waals surface area contributed by atoms with Gasteiger partial charge in [-0.1, -0.05) is 0 Å². The normalized spacial score (nSPS) is 23.4. The zero-order valence-electron chi connectivity index (χ0n) is 21.5. The second-order valence-electron chi connectivity index (χ2n) is 10.3. The van der Waals surface area contributed by atoms with Crippen molar-refractivity contribution in [2.24, 2.45) is 0 Å². The van der Waals surface area contributed by atoms with Gasteiger partial charge in [0.2, 0.25) is 0 Å². The molecule has 0 spiro atoms. The molecule has 1 amide bonds.